The molecule has 0 aliphatic carbocycles. The van der Waals surface area contributed by atoms with E-state index in [0.717, 1.165) is 16.3 Å². The molecule has 3 N–H and O–H groups in total. The minimum absolute atomic E-state index is 0.0701. The summed E-state index contributed by atoms with van der Waals surface area (Å²) in [5, 5.41) is 11.9. The third-order valence-electron chi connectivity index (χ3n) is 6.09. The highest BCUT2D eigenvalue weighted by Gasteiger charge is 2.22. The van der Waals surface area contributed by atoms with E-state index in [0.29, 0.717) is 26.5 Å². The number of amides is 2. The second kappa shape index (κ2) is 11.2. The van der Waals surface area contributed by atoms with Crippen LogP contribution in [0.1, 0.15) is 16.1 Å². The summed E-state index contributed by atoms with van der Waals surface area (Å²) in [6.45, 7) is -0.0701. The Balaban J connectivity index is 1.39. The Morgan fingerprint density at radius 1 is 1.02 bits per heavy atom. The largest absolute Gasteiger partial charge is 0.364 e. The zero-order chi connectivity index (χ0) is 29.4. The van der Waals surface area contributed by atoms with Gasteiger partial charge in [0.25, 0.3) is 11.5 Å². The van der Waals surface area contributed by atoms with Crippen molar-refractivity contribution in [2.24, 2.45) is 19.8 Å². The van der Waals surface area contributed by atoms with Crippen molar-refractivity contribution in [3.63, 3.8) is 0 Å². The molecule has 3 heterocycles. The molecule has 2 amide bonds. The number of nitrogens with one attached hydrogen (secondary N) is 1. The van der Waals surface area contributed by atoms with Crippen LogP contribution in [-0.2, 0) is 25.4 Å². The third kappa shape index (κ3) is 5.49. The van der Waals surface area contributed by atoms with Crippen LogP contribution in [0.25, 0.3) is 16.9 Å². The average Bonchev–Trinajstić information content (AvgIpc) is 3.51. The molecule has 13 nitrogen and oxygen atoms in total. The van der Waals surface area contributed by atoms with E-state index in [1.807, 2.05) is 6.07 Å². The van der Waals surface area contributed by atoms with Gasteiger partial charge in [-0.2, -0.15) is 0 Å². The van der Waals surface area contributed by atoms with Crippen LogP contribution in [0.3, 0.4) is 0 Å². The van der Waals surface area contributed by atoms with Crippen LogP contribution in [-0.4, -0.2) is 51.2 Å². The molecular weight excluding hydrogens is 593 g/mol. The first-order chi connectivity index (χ1) is 19.5. The number of para-hydroxylation sites is 1. The summed E-state index contributed by atoms with van der Waals surface area (Å²) in [5.74, 6) is -1.63. The number of hydrogen-bond acceptors (Lipinski definition) is 8. The average molecular weight is 614 g/mol. The van der Waals surface area contributed by atoms with Gasteiger partial charge in [-0.25, -0.2) is 9.78 Å². The predicted octanol–water partition coefficient (Wildman–Crippen LogP) is 2.20. The van der Waals surface area contributed by atoms with Gasteiger partial charge in [-0.15, -0.1) is 15.0 Å². The van der Waals surface area contributed by atoms with E-state index in [9.17, 15) is 19.2 Å². The highest BCUT2D eigenvalue weighted by molar-refractivity contribution is 7.99. The van der Waals surface area contributed by atoms with Crippen LogP contribution in [0, 0.1) is 0 Å². The molecule has 0 aliphatic heterocycles. The molecule has 0 fully saturated rings. The summed E-state index contributed by atoms with van der Waals surface area (Å²) < 4.78 is 3.82. The van der Waals surface area contributed by atoms with Gasteiger partial charge in [-0.3, -0.25) is 23.5 Å². The molecule has 2 aromatic carbocycles. The van der Waals surface area contributed by atoms with Crippen LogP contribution in [0.5, 0.6) is 0 Å². The maximum atomic E-state index is 13.4. The predicted molar refractivity (Wildman–Crippen MR) is 155 cm³/mol. The fourth-order valence-electron chi connectivity index (χ4n) is 4.04. The van der Waals surface area contributed by atoms with Crippen molar-refractivity contribution < 1.29 is 9.59 Å². The molecule has 5 aromatic rings. The number of hydrogen-bond donors (Lipinski definition) is 2. The second-order valence-corrected chi connectivity index (χ2v) is 10.6. The van der Waals surface area contributed by atoms with Gasteiger partial charge in [0.15, 0.2) is 27.8 Å². The summed E-state index contributed by atoms with van der Waals surface area (Å²) in [5.41, 5.74) is 5.52. The van der Waals surface area contributed by atoms with E-state index in [-0.39, 0.29) is 35.0 Å². The third-order valence-corrected chi connectivity index (χ3v) is 7.70. The molecule has 0 spiro atoms. The van der Waals surface area contributed by atoms with Crippen molar-refractivity contribution in [2.75, 3.05) is 11.1 Å². The molecule has 0 aliphatic rings. The van der Waals surface area contributed by atoms with Gasteiger partial charge in [0, 0.05) is 24.1 Å². The first-order valence-electron chi connectivity index (χ1n) is 11.9. The lowest BCUT2D eigenvalue weighted by atomic mass is 10.2. The monoisotopic (exact) mass is 613 g/mol. The van der Waals surface area contributed by atoms with Crippen molar-refractivity contribution in [3.8, 4) is 5.69 Å². The van der Waals surface area contributed by atoms with Gasteiger partial charge in [0.05, 0.1) is 18.0 Å². The number of halogens is 2. The number of aromatic nitrogens is 7. The van der Waals surface area contributed by atoms with E-state index in [1.165, 1.54) is 27.0 Å². The van der Waals surface area contributed by atoms with Crippen molar-refractivity contribution in [3.05, 3.63) is 90.7 Å². The van der Waals surface area contributed by atoms with Crippen molar-refractivity contribution in [1.29, 1.82) is 0 Å². The number of nitrogens with zero attached hydrogens (tertiary/aromatic N) is 7. The van der Waals surface area contributed by atoms with Gasteiger partial charge >= 0.3 is 5.69 Å². The lowest BCUT2D eigenvalue weighted by Gasteiger charge is -2.10. The SMILES string of the molecule is Cn1c(SCC(=O)Nc2nn(-c3ccccc3)nc2C(N)=O)nc2c1c(=O)n(Cc1ccc(Cl)cc1Cl)c(=O)n2C. The van der Waals surface area contributed by atoms with Crippen molar-refractivity contribution >= 4 is 63.8 Å². The number of nitrogens with two attached hydrogens (primary N) is 1. The van der Waals surface area contributed by atoms with E-state index in [2.05, 4.69) is 20.5 Å². The molecule has 0 unspecified atom stereocenters. The topological polar surface area (TPSA) is 165 Å². The van der Waals surface area contributed by atoms with Gasteiger partial charge < -0.3 is 15.6 Å². The minimum atomic E-state index is -0.859. The van der Waals surface area contributed by atoms with E-state index in [1.54, 1.807) is 43.4 Å². The fraction of sp³-hybridized carbons (Fsp3) is 0.160. The Hall–Kier alpha value is -4.40. The molecule has 210 valence electrons. The zero-order valence-electron chi connectivity index (χ0n) is 21.5. The molecular formula is C25H21Cl2N9O4S. The highest BCUT2D eigenvalue weighted by atomic mass is 35.5. The van der Waals surface area contributed by atoms with Crippen LogP contribution < -0.4 is 22.3 Å². The number of anilines is 1. The molecule has 16 heteroatoms. The Bertz CT molecular complexity index is 1950. The van der Waals surface area contributed by atoms with Gasteiger partial charge in [0.1, 0.15) is 0 Å². The normalized spacial score (nSPS) is 11.2. The number of carbonyl (C=O) groups excluding carboxylic acids is 2. The Morgan fingerprint density at radius 2 is 1.76 bits per heavy atom. The van der Waals surface area contributed by atoms with E-state index >= 15 is 0 Å². The molecule has 0 saturated carbocycles. The van der Waals surface area contributed by atoms with Crippen molar-refractivity contribution in [1.82, 2.24) is 33.7 Å². The lowest BCUT2D eigenvalue weighted by Crippen LogP contribution is -2.39. The number of rotatable bonds is 8. The summed E-state index contributed by atoms with van der Waals surface area (Å²) in [6.07, 6.45) is 0. The second-order valence-electron chi connectivity index (χ2n) is 8.82. The molecule has 0 radical (unpaired) electrons. The number of benzene rings is 2. The standard InChI is InChI=1S/C25H21Cl2N9O4S/c1-33-19-22(34(2)25(40)35(23(19)39)11-13-8-9-14(26)10-16(13)27)30-24(33)41-12-17(37)29-21-18(20(28)38)31-36(32-21)15-6-4-3-5-7-15/h3-10H,11-12H2,1-2H3,(H2,28,38)(H,29,32,37). The number of thioether (sulfide) groups is 1. The maximum Gasteiger partial charge on any atom is 0.332 e. The summed E-state index contributed by atoms with van der Waals surface area (Å²) in [6, 6.07) is 13.6. The first-order valence-corrected chi connectivity index (χ1v) is 13.6. The van der Waals surface area contributed by atoms with Crippen LogP contribution in [0.2, 0.25) is 10.0 Å². The number of carbonyl (C=O) groups is 2. The van der Waals surface area contributed by atoms with E-state index < -0.39 is 23.1 Å². The fourth-order valence-corrected chi connectivity index (χ4v) is 5.28. The molecule has 0 saturated heterocycles. The lowest BCUT2D eigenvalue weighted by molar-refractivity contribution is -0.113. The molecule has 0 atom stereocenters. The number of aryl methyl sites for hydroxylation is 2. The summed E-state index contributed by atoms with van der Waals surface area (Å²) in [7, 11) is 3.11. The number of primary amides is 1. The number of fused-ring (bicyclic) bond motifs is 1. The van der Waals surface area contributed by atoms with Gasteiger partial charge in [0.2, 0.25) is 5.91 Å². The van der Waals surface area contributed by atoms with E-state index in [4.69, 9.17) is 28.9 Å². The summed E-state index contributed by atoms with van der Waals surface area (Å²) in [4.78, 5) is 56.8. The quantitative estimate of drug-likeness (QED) is 0.251. The molecule has 41 heavy (non-hydrogen) atoms. The summed E-state index contributed by atoms with van der Waals surface area (Å²) >= 11 is 13.3. The molecule has 5 rings (SSSR count). The first kappa shape index (κ1) is 28.1. The Kier molecular flexibility index (Phi) is 7.71. The maximum absolute atomic E-state index is 13.4. The molecule has 0 bridgehead atoms. The zero-order valence-corrected chi connectivity index (χ0v) is 23.9. The van der Waals surface area contributed by atoms with Gasteiger partial charge in [-0.1, -0.05) is 59.2 Å². The van der Waals surface area contributed by atoms with Gasteiger partial charge in [-0.05, 0) is 29.8 Å². The Morgan fingerprint density at radius 3 is 2.44 bits per heavy atom. The van der Waals surface area contributed by atoms with Crippen LogP contribution in [0.4, 0.5) is 5.82 Å². The smallest absolute Gasteiger partial charge is 0.332 e. The van der Waals surface area contributed by atoms with Crippen LogP contribution >= 0.6 is 35.0 Å². The van der Waals surface area contributed by atoms with Crippen molar-refractivity contribution in [2.45, 2.75) is 11.7 Å². The minimum Gasteiger partial charge on any atom is -0.364 e. The number of imidazole rings is 1. The van der Waals surface area contributed by atoms with Crippen LogP contribution in [0.15, 0.2) is 63.3 Å². The highest BCUT2D eigenvalue weighted by Crippen LogP contribution is 2.23. The molecule has 3 aromatic heterocycles. The Labute approximate surface area is 245 Å².